The second-order valence-corrected chi connectivity index (χ2v) is 18.8. The van der Waals surface area contributed by atoms with Crippen LogP contribution in [0.5, 0.6) is 0 Å². The molecule has 0 aliphatic rings. The third-order valence-corrected chi connectivity index (χ3v) is 12.1. The first-order valence-electron chi connectivity index (χ1n) is 28.6. The van der Waals surface area contributed by atoms with Gasteiger partial charge < -0.3 is 14.2 Å². The number of esters is 3. The highest BCUT2D eigenvalue weighted by atomic mass is 16.6. The van der Waals surface area contributed by atoms with Gasteiger partial charge in [0, 0.05) is 19.3 Å². The third-order valence-electron chi connectivity index (χ3n) is 12.1. The molecule has 0 saturated heterocycles. The molecule has 1 unspecified atom stereocenters. The Hall–Kier alpha value is -3.41. The maximum absolute atomic E-state index is 12.8. The lowest BCUT2D eigenvalue weighted by Crippen LogP contribution is -2.30. The van der Waals surface area contributed by atoms with E-state index < -0.39 is 6.10 Å². The van der Waals surface area contributed by atoms with Crippen LogP contribution in [0.2, 0.25) is 0 Å². The lowest BCUT2D eigenvalue weighted by atomic mass is 10.1. The Morgan fingerprint density at radius 3 is 0.926 bits per heavy atom. The standard InChI is InChI=1S/C62H106O6/c1-4-7-10-13-16-19-21-23-24-25-26-27-28-29-30-31-32-33-34-35-36-37-38-40-41-43-46-49-52-55-61(64)67-58-59(57-66-60(63)54-51-48-45-18-15-12-9-6-3)68-62(65)56-53-50-47-44-42-39-22-20-17-14-11-8-5-2/h7,10,16,19-20,22-24,26-27,29-30,32-33,59H,4-6,8-9,11-15,17-18,21,25,28,31,34-58H2,1-3H3/b10-7-,19-16-,22-20-,24-23-,27-26-,30-29-,33-32-. The first-order valence-corrected chi connectivity index (χ1v) is 28.6. The Balaban J connectivity index is 4.15. The zero-order valence-corrected chi connectivity index (χ0v) is 44.6. The zero-order valence-electron chi connectivity index (χ0n) is 44.6. The fourth-order valence-corrected chi connectivity index (χ4v) is 7.85. The summed E-state index contributed by atoms with van der Waals surface area (Å²) in [6, 6.07) is 0. The van der Waals surface area contributed by atoms with Crippen molar-refractivity contribution in [1.82, 2.24) is 0 Å². The molecular formula is C62H106O6. The van der Waals surface area contributed by atoms with Gasteiger partial charge in [-0.15, -0.1) is 0 Å². The number of unbranched alkanes of at least 4 members (excludes halogenated alkanes) is 26. The quantitative estimate of drug-likeness (QED) is 0.0262. The number of hydrogen-bond acceptors (Lipinski definition) is 6. The second-order valence-electron chi connectivity index (χ2n) is 18.8. The third kappa shape index (κ3) is 53.5. The Morgan fingerprint density at radius 1 is 0.309 bits per heavy atom. The lowest BCUT2D eigenvalue weighted by molar-refractivity contribution is -0.167. The Morgan fingerprint density at radius 2 is 0.574 bits per heavy atom. The molecule has 0 aromatic heterocycles. The largest absolute Gasteiger partial charge is 0.462 e. The zero-order chi connectivity index (χ0) is 49.3. The van der Waals surface area contributed by atoms with Crippen LogP contribution in [0.15, 0.2) is 85.1 Å². The molecule has 0 amide bonds. The van der Waals surface area contributed by atoms with Crippen molar-refractivity contribution in [3.63, 3.8) is 0 Å². The smallest absolute Gasteiger partial charge is 0.306 e. The summed E-state index contributed by atoms with van der Waals surface area (Å²) < 4.78 is 16.8. The normalized spacial score (nSPS) is 12.7. The molecule has 0 saturated carbocycles. The van der Waals surface area contributed by atoms with E-state index in [4.69, 9.17) is 14.2 Å². The molecule has 0 fully saturated rings. The highest BCUT2D eigenvalue weighted by molar-refractivity contribution is 5.71. The molecule has 6 nitrogen and oxygen atoms in total. The molecule has 0 spiro atoms. The van der Waals surface area contributed by atoms with Gasteiger partial charge >= 0.3 is 17.9 Å². The monoisotopic (exact) mass is 947 g/mol. The summed E-state index contributed by atoms with van der Waals surface area (Å²) in [7, 11) is 0. The van der Waals surface area contributed by atoms with E-state index in [1.165, 1.54) is 122 Å². The van der Waals surface area contributed by atoms with Gasteiger partial charge in [0.25, 0.3) is 0 Å². The number of rotatable bonds is 51. The molecule has 390 valence electrons. The maximum Gasteiger partial charge on any atom is 0.306 e. The van der Waals surface area contributed by atoms with Gasteiger partial charge in [-0.3, -0.25) is 14.4 Å². The van der Waals surface area contributed by atoms with E-state index >= 15 is 0 Å². The van der Waals surface area contributed by atoms with E-state index in [9.17, 15) is 14.4 Å². The average Bonchev–Trinajstić information content (AvgIpc) is 3.34. The van der Waals surface area contributed by atoms with Gasteiger partial charge in [0.2, 0.25) is 0 Å². The predicted octanol–water partition coefficient (Wildman–Crippen LogP) is 19.2. The molecule has 0 rings (SSSR count). The summed E-state index contributed by atoms with van der Waals surface area (Å²) in [5, 5.41) is 0. The first-order chi connectivity index (χ1) is 33.5. The Bertz CT molecular complexity index is 1320. The molecule has 0 heterocycles. The van der Waals surface area contributed by atoms with Crippen molar-refractivity contribution in [3.8, 4) is 0 Å². The summed E-state index contributed by atoms with van der Waals surface area (Å²) in [6.07, 6.45) is 73.1. The highest BCUT2D eigenvalue weighted by Crippen LogP contribution is 2.15. The molecule has 0 aromatic rings. The van der Waals surface area contributed by atoms with Crippen molar-refractivity contribution >= 4 is 17.9 Å². The van der Waals surface area contributed by atoms with Crippen molar-refractivity contribution in [1.29, 1.82) is 0 Å². The minimum atomic E-state index is -0.778. The summed E-state index contributed by atoms with van der Waals surface area (Å²) in [6.45, 7) is 6.47. The van der Waals surface area contributed by atoms with Crippen molar-refractivity contribution in [2.75, 3.05) is 13.2 Å². The van der Waals surface area contributed by atoms with E-state index in [0.29, 0.717) is 19.3 Å². The molecule has 0 N–H and O–H groups in total. The van der Waals surface area contributed by atoms with Gasteiger partial charge in [-0.05, 0) is 96.3 Å². The van der Waals surface area contributed by atoms with Gasteiger partial charge in [-0.1, -0.05) is 241 Å². The van der Waals surface area contributed by atoms with Crippen LogP contribution in [0, 0.1) is 0 Å². The van der Waals surface area contributed by atoms with Gasteiger partial charge in [-0.2, -0.15) is 0 Å². The fraction of sp³-hybridized carbons (Fsp3) is 0.726. The van der Waals surface area contributed by atoms with Crippen molar-refractivity contribution in [2.24, 2.45) is 0 Å². The van der Waals surface area contributed by atoms with E-state index in [-0.39, 0.29) is 31.1 Å². The molecule has 0 bridgehead atoms. The molecule has 68 heavy (non-hydrogen) atoms. The minimum Gasteiger partial charge on any atom is -0.462 e. The molecule has 0 aliphatic carbocycles. The molecule has 6 heteroatoms. The first kappa shape index (κ1) is 64.6. The number of allylic oxidation sites excluding steroid dienone is 14. The number of carbonyl (C=O) groups excluding carboxylic acids is 3. The molecule has 0 aromatic carbocycles. The highest BCUT2D eigenvalue weighted by Gasteiger charge is 2.19. The Labute approximate surface area is 420 Å². The van der Waals surface area contributed by atoms with Gasteiger partial charge in [0.1, 0.15) is 13.2 Å². The van der Waals surface area contributed by atoms with Crippen LogP contribution in [-0.2, 0) is 28.6 Å². The van der Waals surface area contributed by atoms with Gasteiger partial charge in [0.15, 0.2) is 6.10 Å². The topological polar surface area (TPSA) is 78.9 Å². The van der Waals surface area contributed by atoms with E-state index in [1.807, 2.05) is 0 Å². The fourth-order valence-electron chi connectivity index (χ4n) is 7.85. The Kier molecular flexibility index (Phi) is 53.4. The van der Waals surface area contributed by atoms with E-state index in [2.05, 4.69) is 106 Å². The number of carbonyl (C=O) groups is 3. The van der Waals surface area contributed by atoms with Gasteiger partial charge in [-0.25, -0.2) is 0 Å². The molecule has 0 aliphatic heterocycles. The van der Waals surface area contributed by atoms with Crippen molar-refractivity contribution in [3.05, 3.63) is 85.1 Å². The SMILES string of the molecule is CC/C=C\C/C=C\C/C=C\C/C=C\C/C=C\C/C=C\CCCCCCCCCCCCC(=O)OCC(COC(=O)CCCCCCCCCC)OC(=O)CCCCCCC/C=C\CCCCCC. The molecular weight excluding hydrogens is 841 g/mol. The van der Waals surface area contributed by atoms with Crippen molar-refractivity contribution in [2.45, 2.75) is 277 Å². The summed E-state index contributed by atoms with van der Waals surface area (Å²) in [5.74, 6) is -0.893. The second kappa shape index (κ2) is 56.2. The van der Waals surface area contributed by atoms with Crippen LogP contribution in [-0.4, -0.2) is 37.2 Å². The minimum absolute atomic E-state index is 0.0789. The lowest BCUT2D eigenvalue weighted by Gasteiger charge is -2.18. The van der Waals surface area contributed by atoms with E-state index in [0.717, 1.165) is 109 Å². The predicted molar refractivity (Wildman–Crippen MR) is 293 cm³/mol. The number of hydrogen-bond donors (Lipinski definition) is 0. The van der Waals surface area contributed by atoms with Gasteiger partial charge in [0.05, 0.1) is 0 Å². The van der Waals surface area contributed by atoms with Crippen LogP contribution in [0.3, 0.4) is 0 Å². The molecule has 1 atom stereocenters. The van der Waals surface area contributed by atoms with Crippen LogP contribution in [0.25, 0.3) is 0 Å². The number of ether oxygens (including phenoxy) is 3. The van der Waals surface area contributed by atoms with Crippen LogP contribution in [0.1, 0.15) is 271 Å². The van der Waals surface area contributed by atoms with Crippen LogP contribution >= 0.6 is 0 Å². The van der Waals surface area contributed by atoms with Crippen LogP contribution < -0.4 is 0 Å². The van der Waals surface area contributed by atoms with Crippen molar-refractivity contribution < 1.29 is 28.6 Å². The van der Waals surface area contributed by atoms with Crippen LogP contribution in [0.4, 0.5) is 0 Å². The van der Waals surface area contributed by atoms with E-state index in [1.54, 1.807) is 0 Å². The summed E-state index contributed by atoms with van der Waals surface area (Å²) >= 11 is 0. The summed E-state index contributed by atoms with van der Waals surface area (Å²) in [4.78, 5) is 37.9. The average molecular weight is 948 g/mol. The molecule has 0 radical (unpaired) electrons. The summed E-state index contributed by atoms with van der Waals surface area (Å²) in [5.41, 5.74) is 0. The maximum atomic E-state index is 12.8.